The van der Waals surface area contributed by atoms with Crippen LogP contribution in [0.15, 0.2) is 15.6 Å². The molecule has 1 N–H and O–H groups in total. The molecule has 1 aromatic carbocycles. The second-order valence-corrected chi connectivity index (χ2v) is 4.51. The van der Waals surface area contributed by atoms with Crippen LogP contribution < -0.4 is 5.43 Å². The number of hydrogen-bond acceptors (Lipinski definition) is 3. The zero-order valence-corrected chi connectivity index (χ0v) is 11.8. The van der Waals surface area contributed by atoms with Gasteiger partial charge >= 0.3 is 0 Å². The van der Waals surface area contributed by atoms with Gasteiger partial charge in [0.25, 0.3) is 5.91 Å². The highest BCUT2D eigenvalue weighted by Crippen LogP contribution is 2.21. The van der Waals surface area contributed by atoms with Gasteiger partial charge in [-0.05, 0) is 19.9 Å². The molecule has 2 aromatic rings. The Morgan fingerprint density at radius 3 is 2.04 bits per heavy atom. The van der Waals surface area contributed by atoms with Crippen LogP contribution in [-0.2, 0) is 0 Å². The van der Waals surface area contributed by atoms with E-state index in [4.69, 9.17) is 4.42 Å². The predicted octanol–water partition coefficient (Wildman–Crippen LogP) is 3.36. The normalized spacial score (nSPS) is 11.3. The molecule has 23 heavy (non-hydrogen) atoms. The Balaban J connectivity index is 2.25. The van der Waals surface area contributed by atoms with E-state index in [-0.39, 0.29) is 11.3 Å². The van der Waals surface area contributed by atoms with Gasteiger partial charge in [-0.2, -0.15) is 5.10 Å². The molecule has 0 atom stereocenters. The maximum absolute atomic E-state index is 13.4. The Labute approximate surface area is 126 Å². The molecule has 0 spiro atoms. The van der Waals surface area contributed by atoms with Crippen LogP contribution in [-0.4, -0.2) is 12.1 Å². The number of carbonyl (C=O) groups is 1. The van der Waals surface area contributed by atoms with Crippen LogP contribution in [0.3, 0.4) is 0 Å². The second-order valence-electron chi connectivity index (χ2n) is 4.51. The van der Waals surface area contributed by atoms with E-state index < -0.39 is 40.6 Å². The van der Waals surface area contributed by atoms with E-state index in [0.29, 0.717) is 12.0 Å². The standard InChI is InChI=1S/C14H9F5N2O2/c1-5-3-7(6(2)23-5)14(22)21-20-4-8-9(15)11(17)13(19)12(18)10(8)16/h3-4H,1-2H3,(H,21,22)/b20-4-. The summed E-state index contributed by atoms with van der Waals surface area (Å²) >= 11 is 0. The van der Waals surface area contributed by atoms with Gasteiger partial charge in [-0.15, -0.1) is 0 Å². The van der Waals surface area contributed by atoms with E-state index in [0.717, 1.165) is 0 Å². The second kappa shape index (κ2) is 6.19. The topological polar surface area (TPSA) is 54.6 Å². The van der Waals surface area contributed by atoms with Crippen LogP contribution in [0.5, 0.6) is 0 Å². The van der Waals surface area contributed by atoms with Gasteiger partial charge in [-0.25, -0.2) is 27.4 Å². The fraction of sp³-hybridized carbons (Fsp3) is 0.143. The maximum atomic E-state index is 13.4. The zero-order valence-electron chi connectivity index (χ0n) is 11.8. The van der Waals surface area contributed by atoms with Gasteiger partial charge in [-0.3, -0.25) is 4.79 Å². The minimum absolute atomic E-state index is 0.122. The van der Waals surface area contributed by atoms with Crippen LogP contribution >= 0.6 is 0 Å². The molecule has 0 radical (unpaired) electrons. The maximum Gasteiger partial charge on any atom is 0.274 e. The number of carbonyl (C=O) groups excluding carboxylic acids is 1. The van der Waals surface area contributed by atoms with E-state index >= 15 is 0 Å². The average molecular weight is 332 g/mol. The fourth-order valence-corrected chi connectivity index (χ4v) is 1.81. The van der Waals surface area contributed by atoms with Crippen molar-refractivity contribution in [1.82, 2.24) is 5.43 Å². The monoisotopic (exact) mass is 332 g/mol. The quantitative estimate of drug-likeness (QED) is 0.308. The van der Waals surface area contributed by atoms with Crippen molar-refractivity contribution in [2.75, 3.05) is 0 Å². The van der Waals surface area contributed by atoms with Crippen molar-refractivity contribution in [1.29, 1.82) is 0 Å². The van der Waals surface area contributed by atoms with Crippen LogP contribution in [0.4, 0.5) is 22.0 Å². The summed E-state index contributed by atoms with van der Waals surface area (Å²) in [4.78, 5) is 11.7. The summed E-state index contributed by atoms with van der Waals surface area (Å²) in [6.07, 6.45) is 0.330. The molecule has 1 amide bonds. The lowest BCUT2D eigenvalue weighted by molar-refractivity contribution is 0.0953. The molecule has 1 aromatic heterocycles. The van der Waals surface area contributed by atoms with Crippen molar-refractivity contribution >= 4 is 12.1 Å². The number of rotatable bonds is 3. The van der Waals surface area contributed by atoms with Gasteiger partial charge < -0.3 is 4.42 Å². The van der Waals surface area contributed by atoms with Gasteiger partial charge in [0.1, 0.15) is 11.5 Å². The van der Waals surface area contributed by atoms with Gasteiger partial charge in [0.15, 0.2) is 23.3 Å². The van der Waals surface area contributed by atoms with Gasteiger partial charge in [-0.1, -0.05) is 0 Å². The van der Waals surface area contributed by atoms with E-state index in [1.54, 1.807) is 6.92 Å². The third kappa shape index (κ3) is 3.08. The highest BCUT2D eigenvalue weighted by atomic mass is 19.2. The molecule has 0 aliphatic heterocycles. The minimum atomic E-state index is -2.27. The lowest BCUT2D eigenvalue weighted by Crippen LogP contribution is -2.18. The number of halogens is 5. The number of furan rings is 1. The van der Waals surface area contributed by atoms with Gasteiger partial charge in [0, 0.05) is 0 Å². The summed E-state index contributed by atoms with van der Waals surface area (Å²) in [5.41, 5.74) is 0.768. The van der Waals surface area contributed by atoms with Crippen molar-refractivity contribution in [2.45, 2.75) is 13.8 Å². The molecule has 0 unspecified atom stereocenters. The molecule has 0 saturated carbocycles. The fourth-order valence-electron chi connectivity index (χ4n) is 1.81. The Hall–Kier alpha value is -2.71. The molecule has 1 heterocycles. The Bertz CT molecular complexity index is 785. The smallest absolute Gasteiger partial charge is 0.274 e. The van der Waals surface area contributed by atoms with Crippen LogP contribution in [0, 0.1) is 42.9 Å². The molecule has 0 aliphatic rings. The largest absolute Gasteiger partial charge is 0.466 e. The first kappa shape index (κ1) is 16.7. The summed E-state index contributed by atoms with van der Waals surface area (Å²) in [7, 11) is 0. The first-order chi connectivity index (χ1) is 10.7. The SMILES string of the molecule is Cc1cc(C(=O)N/N=C\c2c(F)c(F)c(F)c(F)c2F)c(C)o1. The van der Waals surface area contributed by atoms with Crippen molar-refractivity contribution in [3.05, 3.63) is 57.8 Å². The lowest BCUT2D eigenvalue weighted by atomic mass is 10.2. The van der Waals surface area contributed by atoms with E-state index in [2.05, 4.69) is 5.10 Å². The molecule has 4 nitrogen and oxygen atoms in total. The first-order valence-corrected chi connectivity index (χ1v) is 6.16. The molecule has 122 valence electrons. The summed E-state index contributed by atoms with van der Waals surface area (Å²) < 4.78 is 70.7. The van der Waals surface area contributed by atoms with Gasteiger partial charge in [0.05, 0.1) is 17.3 Å². The van der Waals surface area contributed by atoms with E-state index in [1.807, 2.05) is 5.43 Å². The van der Waals surface area contributed by atoms with E-state index in [9.17, 15) is 26.7 Å². The number of amides is 1. The third-order valence-electron chi connectivity index (χ3n) is 2.89. The lowest BCUT2D eigenvalue weighted by Gasteiger charge is -2.04. The van der Waals surface area contributed by atoms with E-state index in [1.165, 1.54) is 13.0 Å². The molecular formula is C14H9F5N2O2. The molecule has 0 fully saturated rings. The first-order valence-electron chi connectivity index (χ1n) is 6.16. The van der Waals surface area contributed by atoms with Crippen molar-refractivity contribution < 1.29 is 31.2 Å². The third-order valence-corrected chi connectivity index (χ3v) is 2.89. The molecule has 0 aliphatic carbocycles. The molecular weight excluding hydrogens is 323 g/mol. The van der Waals surface area contributed by atoms with Crippen LogP contribution in [0.25, 0.3) is 0 Å². The number of nitrogens with one attached hydrogen (secondary N) is 1. The Morgan fingerprint density at radius 1 is 1.04 bits per heavy atom. The number of hydrazone groups is 1. The van der Waals surface area contributed by atoms with Crippen molar-refractivity contribution in [2.24, 2.45) is 5.10 Å². The Morgan fingerprint density at radius 2 is 1.57 bits per heavy atom. The highest BCUT2D eigenvalue weighted by molar-refractivity contribution is 5.95. The Kier molecular flexibility index (Phi) is 4.48. The summed E-state index contributed by atoms with van der Waals surface area (Å²) in [6.45, 7) is 3.11. The summed E-state index contributed by atoms with van der Waals surface area (Å²) in [6, 6.07) is 1.40. The molecule has 0 bridgehead atoms. The zero-order chi connectivity index (χ0) is 17.3. The van der Waals surface area contributed by atoms with Crippen molar-refractivity contribution in [3.63, 3.8) is 0 Å². The highest BCUT2D eigenvalue weighted by Gasteiger charge is 2.24. The predicted molar refractivity (Wildman–Crippen MR) is 69.5 cm³/mol. The summed E-state index contributed by atoms with van der Waals surface area (Å²) in [5, 5.41) is 3.20. The molecule has 9 heteroatoms. The average Bonchev–Trinajstić information content (AvgIpc) is 2.85. The number of hydrogen-bond donors (Lipinski definition) is 1. The number of nitrogens with zero attached hydrogens (tertiary/aromatic N) is 1. The van der Waals surface area contributed by atoms with Crippen LogP contribution in [0.1, 0.15) is 27.4 Å². The number of aryl methyl sites for hydroxylation is 2. The molecule has 0 saturated heterocycles. The summed E-state index contributed by atoms with van der Waals surface area (Å²) in [5.74, 6) is -10.6. The molecule has 2 rings (SSSR count). The van der Waals surface area contributed by atoms with Gasteiger partial charge in [0.2, 0.25) is 5.82 Å². The number of benzene rings is 1. The van der Waals surface area contributed by atoms with Crippen LogP contribution in [0.2, 0.25) is 0 Å². The van der Waals surface area contributed by atoms with Crippen molar-refractivity contribution in [3.8, 4) is 0 Å². The minimum Gasteiger partial charge on any atom is -0.466 e.